The second-order valence-corrected chi connectivity index (χ2v) is 6.27. The molecule has 0 aliphatic heterocycles. The van der Waals surface area contributed by atoms with E-state index in [1.165, 1.54) is 32.1 Å². The number of nitrogens with one attached hydrogen (secondary N) is 2. The standard InChI is InChI=1S/C19H39N3O2/c1-2-3-4-13-16-19(23)24-18-15-12-10-8-6-5-7-9-11-14-17-21-22-20/h6,8,21-22H,2-5,7,9-18,20H2,1H3. The van der Waals surface area contributed by atoms with Gasteiger partial charge in [-0.3, -0.25) is 10.6 Å². The molecule has 0 bridgehead atoms. The number of carbonyl (C=O) groups is 1. The number of esters is 1. The summed E-state index contributed by atoms with van der Waals surface area (Å²) in [5, 5.41) is 0. The van der Waals surface area contributed by atoms with Gasteiger partial charge in [0.25, 0.3) is 0 Å². The predicted molar refractivity (Wildman–Crippen MR) is 101 cm³/mol. The number of hydrazine groups is 2. The van der Waals surface area contributed by atoms with Crippen molar-refractivity contribution in [2.75, 3.05) is 13.2 Å². The first-order chi connectivity index (χ1) is 11.8. The number of ether oxygens (including phenoxy) is 1. The minimum absolute atomic E-state index is 0.0286. The zero-order chi connectivity index (χ0) is 17.7. The van der Waals surface area contributed by atoms with Crippen LogP contribution in [0.4, 0.5) is 0 Å². The van der Waals surface area contributed by atoms with Gasteiger partial charge in [0.15, 0.2) is 0 Å². The Hall–Kier alpha value is -0.910. The van der Waals surface area contributed by atoms with Crippen LogP contribution in [0.5, 0.6) is 0 Å². The first kappa shape index (κ1) is 23.1. The topological polar surface area (TPSA) is 76.4 Å². The molecule has 0 heterocycles. The second-order valence-electron chi connectivity index (χ2n) is 6.27. The number of nitrogens with two attached hydrogens (primary N) is 1. The number of allylic oxidation sites excluding steroid dienone is 2. The zero-order valence-electron chi connectivity index (χ0n) is 15.7. The Labute approximate surface area is 148 Å². The molecule has 0 aliphatic carbocycles. The maximum Gasteiger partial charge on any atom is 0.305 e. The normalized spacial score (nSPS) is 11.2. The molecule has 0 saturated carbocycles. The van der Waals surface area contributed by atoms with Gasteiger partial charge in [0.1, 0.15) is 0 Å². The summed E-state index contributed by atoms with van der Waals surface area (Å²) < 4.78 is 5.24. The highest BCUT2D eigenvalue weighted by atomic mass is 16.5. The summed E-state index contributed by atoms with van der Waals surface area (Å²) >= 11 is 0. The number of unbranched alkanes of at least 4 members (excludes halogenated alkanes) is 9. The van der Waals surface area contributed by atoms with Gasteiger partial charge >= 0.3 is 5.97 Å². The fourth-order valence-corrected chi connectivity index (χ4v) is 2.46. The van der Waals surface area contributed by atoms with E-state index < -0.39 is 0 Å². The average molecular weight is 342 g/mol. The molecule has 0 spiro atoms. The molecular formula is C19H39N3O2. The Balaban J connectivity index is 3.19. The zero-order valence-corrected chi connectivity index (χ0v) is 15.7. The maximum atomic E-state index is 11.5. The molecule has 0 unspecified atom stereocenters. The van der Waals surface area contributed by atoms with Gasteiger partial charge in [0.05, 0.1) is 6.61 Å². The average Bonchev–Trinajstić information content (AvgIpc) is 2.59. The van der Waals surface area contributed by atoms with Crippen LogP contribution in [-0.4, -0.2) is 19.1 Å². The van der Waals surface area contributed by atoms with E-state index in [-0.39, 0.29) is 5.97 Å². The summed E-state index contributed by atoms with van der Waals surface area (Å²) in [5.41, 5.74) is 5.33. The van der Waals surface area contributed by atoms with Crippen molar-refractivity contribution in [3.8, 4) is 0 Å². The van der Waals surface area contributed by atoms with Gasteiger partial charge in [-0.05, 0) is 44.9 Å². The monoisotopic (exact) mass is 341 g/mol. The van der Waals surface area contributed by atoms with Gasteiger partial charge in [-0.15, -0.1) is 0 Å². The number of carbonyl (C=O) groups excluding carboxylic acids is 1. The molecule has 4 N–H and O–H groups in total. The smallest absolute Gasteiger partial charge is 0.305 e. The summed E-state index contributed by atoms with van der Waals surface area (Å²) in [6.07, 6.45) is 18.9. The van der Waals surface area contributed by atoms with Crippen molar-refractivity contribution >= 4 is 5.97 Å². The van der Waals surface area contributed by atoms with Gasteiger partial charge in [-0.2, -0.15) is 5.53 Å². The molecule has 24 heavy (non-hydrogen) atoms. The van der Waals surface area contributed by atoms with Crippen LogP contribution in [0, 0.1) is 0 Å². The lowest BCUT2D eigenvalue weighted by Crippen LogP contribution is -2.38. The Morgan fingerprint density at radius 2 is 1.58 bits per heavy atom. The molecule has 0 rings (SSSR count). The van der Waals surface area contributed by atoms with Gasteiger partial charge in [-0.25, -0.2) is 5.43 Å². The van der Waals surface area contributed by atoms with Crippen LogP contribution in [0.3, 0.4) is 0 Å². The van der Waals surface area contributed by atoms with E-state index in [2.05, 4.69) is 30.0 Å². The Morgan fingerprint density at radius 3 is 2.29 bits per heavy atom. The van der Waals surface area contributed by atoms with Crippen molar-refractivity contribution in [1.82, 2.24) is 11.0 Å². The van der Waals surface area contributed by atoms with Crippen molar-refractivity contribution in [2.24, 2.45) is 5.84 Å². The quantitative estimate of drug-likeness (QED) is 0.115. The number of rotatable bonds is 18. The van der Waals surface area contributed by atoms with Crippen LogP contribution in [0.1, 0.15) is 90.4 Å². The van der Waals surface area contributed by atoms with Crippen molar-refractivity contribution in [3.63, 3.8) is 0 Å². The summed E-state index contributed by atoms with van der Waals surface area (Å²) in [6.45, 7) is 3.68. The summed E-state index contributed by atoms with van der Waals surface area (Å²) in [7, 11) is 0. The van der Waals surface area contributed by atoms with E-state index in [1.54, 1.807) is 0 Å². The van der Waals surface area contributed by atoms with Crippen LogP contribution < -0.4 is 16.8 Å². The number of hydrogen-bond donors (Lipinski definition) is 3. The van der Waals surface area contributed by atoms with E-state index in [0.29, 0.717) is 13.0 Å². The van der Waals surface area contributed by atoms with Gasteiger partial charge in [0, 0.05) is 13.0 Å². The Kier molecular flexibility index (Phi) is 19.4. The highest BCUT2D eigenvalue weighted by Crippen LogP contribution is 2.06. The van der Waals surface area contributed by atoms with Crippen LogP contribution in [-0.2, 0) is 9.53 Å². The molecule has 0 aromatic rings. The van der Waals surface area contributed by atoms with Gasteiger partial charge < -0.3 is 4.74 Å². The first-order valence-electron chi connectivity index (χ1n) is 9.80. The molecule has 0 amide bonds. The molecule has 0 aromatic heterocycles. The highest BCUT2D eigenvalue weighted by Gasteiger charge is 2.01. The summed E-state index contributed by atoms with van der Waals surface area (Å²) in [5.74, 6) is 5.09. The predicted octanol–water partition coefficient (Wildman–Crippen LogP) is 4.14. The van der Waals surface area contributed by atoms with Crippen LogP contribution >= 0.6 is 0 Å². The molecule has 0 aromatic carbocycles. The third kappa shape index (κ3) is 19.1. The van der Waals surface area contributed by atoms with Crippen molar-refractivity contribution in [1.29, 1.82) is 0 Å². The van der Waals surface area contributed by atoms with Gasteiger partial charge in [-0.1, -0.05) is 51.2 Å². The van der Waals surface area contributed by atoms with Crippen molar-refractivity contribution < 1.29 is 9.53 Å². The van der Waals surface area contributed by atoms with Crippen LogP contribution in [0.2, 0.25) is 0 Å². The van der Waals surface area contributed by atoms with E-state index in [9.17, 15) is 4.79 Å². The third-order valence-electron chi connectivity index (χ3n) is 3.95. The largest absolute Gasteiger partial charge is 0.466 e. The third-order valence-corrected chi connectivity index (χ3v) is 3.95. The maximum absolute atomic E-state index is 11.5. The van der Waals surface area contributed by atoms with E-state index in [4.69, 9.17) is 10.6 Å². The second kappa shape index (κ2) is 20.1. The first-order valence-corrected chi connectivity index (χ1v) is 9.80. The molecular weight excluding hydrogens is 302 g/mol. The fraction of sp³-hybridized carbons (Fsp3) is 0.842. The number of hydrogen-bond acceptors (Lipinski definition) is 5. The van der Waals surface area contributed by atoms with E-state index in [1.807, 2.05) is 0 Å². The summed E-state index contributed by atoms with van der Waals surface area (Å²) in [6, 6.07) is 0. The molecule has 0 fully saturated rings. The molecule has 0 aliphatic rings. The SMILES string of the molecule is CCCCCCC(=O)OCCCCC=CCCCCCCNNN. The van der Waals surface area contributed by atoms with Crippen molar-refractivity contribution in [3.05, 3.63) is 12.2 Å². The van der Waals surface area contributed by atoms with E-state index in [0.717, 1.165) is 51.5 Å². The molecule has 0 atom stereocenters. The molecule has 0 radical (unpaired) electrons. The van der Waals surface area contributed by atoms with Crippen LogP contribution in [0.25, 0.3) is 0 Å². The molecule has 5 heteroatoms. The Bertz CT molecular complexity index is 296. The minimum atomic E-state index is -0.0286. The lowest BCUT2D eigenvalue weighted by Gasteiger charge is -2.04. The molecule has 142 valence electrons. The lowest BCUT2D eigenvalue weighted by atomic mass is 10.1. The minimum Gasteiger partial charge on any atom is -0.466 e. The van der Waals surface area contributed by atoms with E-state index >= 15 is 0 Å². The highest BCUT2D eigenvalue weighted by molar-refractivity contribution is 5.69. The molecule has 5 nitrogen and oxygen atoms in total. The van der Waals surface area contributed by atoms with Gasteiger partial charge in [0.2, 0.25) is 0 Å². The lowest BCUT2D eigenvalue weighted by molar-refractivity contribution is -0.143. The Morgan fingerprint density at radius 1 is 0.917 bits per heavy atom. The van der Waals surface area contributed by atoms with Crippen LogP contribution in [0.15, 0.2) is 12.2 Å². The van der Waals surface area contributed by atoms with Crippen molar-refractivity contribution in [2.45, 2.75) is 90.4 Å². The molecule has 0 saturated heterocycles. The summed E-state index contributed by atoms with van der Waals surface area (Å²) in [4.78, 5) is 11.5. The fourth-order valence-electron chi connectivity index (χ4n) is 2.46.